The van der Waals surface area contributed by atoms with Crippen LogP contribution in [0.2, 0.25) is 0 Å². The molecule has 2 rings (SSSR count). The van der Waals surface area contributed by atoms with Crippen LogP contribution in [0.5, 0.6) is 0 Å². The van der Waals surface area contributed by atoms with Crippen molar-refractivity contribution in [1.29, 1.82) is 0 Å². The van der Waals surface area contributed by atoms with Crippen LogP contribution in [0.15, 0.2) is 18.2 Å². The molecule has 1 fully saturated rings. The van der Waals surface area contributed by atoms with Crippen LogP contribution in [0.3, 0.4) is 0 Å². The van der Waals surface area contributed by atoms with E-state index in [1.165, 1.54) is 11.3 Å². The number of nitrogens with zero attached hydrogens (tertiary/aromatic N) is 2. The maximum atomic E-state index is 6.16. The Morgan fingerprint density at radius 1 is 1.31 bits per heavy atom. The van der Waals surface area contributed by atoms with Crippen molar-refractivity contribution in [1.82, 2.24) is 4.90 Å². The van der Waals surface area contributed by atoms with E-state index in [1.54, 1.807) is 0 Å². The first-order valence-corrected chi connectivity index (χ1v) is 5.90. The van der Waals surface area contributed by atoms with Gasteiger partial charge in [-0.1, -0.05) is 12.1 Å². The molecule has 0 saturated carbocycles. The molecule has 1 aromatic carbocycles. The van der Waals surface area contributed by atoms with Crippen molar-refractivity contribution in [3.8, 4) is 0 Å². The van der Waals surface area contributed by atoms with Crippen LogP contribution >= 0.6 is 0 Å². The molecule has 2 N–H and O–H groups in total. The fraction of sp³-hybridized carbons (Fsp3) is 0.538. The second kappa shape index (κ2) is 4.34. The molecule has 1 aromatic rings. The van der Waals surface area contributed by atoms with E-state index in [9.17, 15) is 0 Å². The summed E-state index contributed by atoms with van der Waals surface area (Å²) in [6, 6.07) is 6.82. The topological polar surface area (TPSA) is 32.5 Å². The van der Waals surface area contributed by atoms with Gasteiger partial charge in [0, 0.05) is 25.7 Å². The average Bonchev–Trinajstić information content (AvgIpc) is 2.23. The van der Waals surface area contributed by atoms with Gasteiger partial charge in [-0.3, -0.25) is 0 Å². The van der Waals surface area contributed by atoms with Gasteiger partial charge in [0.05, 0.1) is 11.4 Å². The molecule has 0 aliphatic carbocycles. The SMILES string of the molecule is Cc1cccc(N2CCN(C)CC2C)c1N. The zero-order valence-electron chi connectivity index (χ0n) is 10.4. The highest BCUT2D eigenvalue weighted by Gasteiger charge is 2.23. The lowest BCUT2D eigenvalue weighted by Crippen LogP contribution is -2.50. The lowest BCUT2D eigenvalue weighted by molar-refractivity contribution is 0.276. The first-order chi connectivity index (χ1) is 7.59. The van der Waals surface area contributed by atoms with Gasteiger partial charge < -0.3 is 15.5 Å². The molecule has 16 heavy (non-hydrogen) atoms. The molecule has 1 unspecified atom stereocenters. The number of nitrogens with two attached hydrogens (primary N) is 1. The zero-order valence-corrected chi connectivity index (χ0v) is 10.4. The lowest BCUT2D eigenvalue weighted by Gasteiger charge is -2.40. The number of aryl methyl sites for hydroxylation is 1. The Balaban J connectivity index is 2.27. The number of benzene rings is 1. The third-order valence-electron chi connectivity index (χ3n) is 3.44. The van der Waals surface area contributed by atoms with Gasteiger partial charge >= 0.3 is 0 Å². The highest BCUT2D eigenvalue weighted by molar-refractivity contribution is 5.71. The number of nitrogen functional groups attached to an aromatic ring is 1. The number of para-hydroxylation sites is 1. The Morgan fingerprint density at radius 3 is 2.75 bits per heavy atom. The number of hydrogen-bond acceptors (Lipinski definition) is 3. The molecule has 0 bridgehead atoms. The van der Waals surface area contributed by atoms with Crippen LogP contribution in [0.4, 0.5) is 11.4 Å². The molecule has 3 heteroatoms. The maximum absolute atomic E-state index is 6.16. The van der Waals surface area contributed by atoms with Gasteiger partial charge in [-0.2, -0.15) is 0 Å². The molecule has 88 valence electrons. The number of anilines is 2. The molecule has 1 saturated heterocycles. The summed E-state index contributed by atoms with van der Waals surface area (Å²) in [7, 11) is 2.17. The quantitative estimate of drug-likeness (QED) is 0.730. The number of rotatable bonds is 1. The fourth-order valence-corrected chi connectivity index (χ4v) is 2.41. The summed E-state index contributed by atoms with van der Waals surface area (Å²) in [6.07, 6.45) is 0. The maximum Gasteiger partial charge on any atom is 0.0605 e. The standard InChI is InChI=1S/C13H21N3/c1-10-5-4-6-12(13(10)14)16-8-7-15(3)9-11(16)2/h4-6,11H,7-9,14H2,1-3H3. The van der Waals surface area contributed by atoms with Gasteiger partial charge in [-0.15, -0.1) is 0 Å². The van der Waals surface area contributed by atoms with Gasteiger partial charge in [0.2, 0.25) is 0 Å². The molecule has 0 amide bonds. The molecular weight excluding hydrogens is 198 g/mol. The summed E-state index contributed by atoms with van der Waals surface area (Å²) in [5.74, 6) is 0. The van der Waals surface area contributed by atoms with Gasteiger partial charge in [0.15, 0.2) is 0 Å². The van der Waals surface area contributed by atoms with Gasteiger partial charge in [-0.05, 0) is 32.5 Å². The van der Waals surface area contributed by atoms with Crippen molar-refractivity contribution >= 4 is 11.4 Å². The van der Waals surface area contributed by atoms with Crippen molar-refractivity contribution in [3.05, 3.63) is 23.8 Å². The van der Waals surface area contributed by atoms with Crippen LogP contribution in [0.1, 0.15) is 12.5 Å². The van der Waals surface area contributed by atoms with Crippen LogP contribution in [-0.2, 0) is 0 Å². The molecule has 1 aliphatic heterocycles. The zero-order chi connectivity index (χ0) is 11.7. The smallest absolute Gasteiger partial charge is 0.0605 e. The second-order valence-electron chi connectivity index (χ2n) is 4.81. The summed E-state index contributed by atoms with van der Waals surface area (Å²) in [4.78, 5) is 4.79. The van der Waals surface area contributed by atoms with Crippen molar-refractivity contribution in [2.24, 2.45) is 0 Å². The first kappa shape index (κ1) is 11.3. The highest BCUT2D eigenvalue weighted by Crippen LogP contribution is 2.28. The molecule has 1 aliphatic rings. The fourth-order valence-electron chi connectivity index (χ4n) is 2.41. The summed E-state index contributed by atoms with van der Waals surface area (Å²) in [5.41, 5.74) is 9.45. The van der Waals surface area contributed by atoms with Gasteiger partial charge in [0.1, 0.15) is 0 Å². The Kier molecular flexibility index (Phi) is 3.06. The second-order valence-corrected chi connectivity index (χ2v) is 4.81. The number of piperazine rings is 1. The predicted octanol–water partition coefficient (Wildman–Crippen LogP) is 1.72. The third-order valence-corrected chi connectivity index (χ3v) is 3.44. The van der Waals surface area contributed by atoms with Crippen molar-refractivity contribution < 1.29 is 0 Å². The normalized spacial score (nSPS) is 22.4. The molecule has 3 nitrogen and oxygen atoms in total. The lowest BCUT2D eigenvalue weighted by atomic mass is 10.1. The Labute approximate surface area is 97.8 Å². The largest absolute Gasteiger partial charge is 0.397 e. The van der Waals surface area contributed by atoms with E-state index < -0.39 is 0 Å². The van der Waals surface area contributed by atoms with E-state index >= 15 is 0 Å². The van der Waals surface area contributed by atoms with E-state index in [2.05, 4.69) is 48.9 Å². The minimum atomic E-state index is 0.530. The van der Waals surface area contributed by atoms with Crippen molar-refractivity contribution in [2.45, 2.75) is 19.9 Å². The molecule has 1 heterocycles. The Morgan fingerprint density at radius 2 is 2.06 bits per heavy atom. The average molecular weight is 219 g/mol. The molecular formula is C13H21N3. The molecule has 0 spiro atoms. The number of likely N-dealkylation sites (N-methyl/N-ethyl adjacent to an activating group) is 1. The molecule has 0 radical (unpaired) electrons. The first-order valence-electron chi connectivity index (χ1n) is 5.90. The van der Waals surface area contributed by atoms with Gasteiger partial charge in [0.25, 0.3) is 0 Å². The summed E-state index contributed by atoms with van der Waals surface area (Å²) in [6.45, 7) is 7.60. The van der Waals surface area contributed by atoms with Gasteiger partial charge in [-0.25, -0.2) is 0 Å². The Bertz CT molecular complexity index is 375. The summed E-state index contributed by atoms with van der Waals surface area (Å²) >= 11 is 0. The minimum absolute atomic E-state index is 0.530. The minimum Gasteiger partial charge on any atom is -0.397 e. The predicted molar refractivity (Wildman–Crippen MR) is 69.9 cm³/mol. The number of hydrogen-bond donors (Lipinski definition) is 1. The van der Waals surface area contributed by atoms with Crippen LogP contribution in [-0.4, -0.2) is 37.6 Å². The van der Waals surface area contributed by atoms with Crippen molar-refractivity contribution in [2.75, 3.05) is 37.3 Å². The van der Waals surface area contributed by atoms with Crippen LogP contribution < -0.4 is 10.6 Å². The summed E-state index contributed by atoms with van der Waals surface area (Å²) < 4.78 is 0. The third kappa shape index (κ3) is 2.00. The molecule has 0 aromatic heterocycles. The van der Waals surface area contributed by atoms with Crippen molar-refractivity contribution in [3.63, 3.8) is 0 Å². The van der Waals surface area contributed by atoms with E-state index in [-0.39, 0.29) is 0 Å². The Hall–Kier alpha value is -1.22. The molecule has 1 atom stereocenters. The highest BCUT2D eigenvalue weighted by atomic mass is 15.3. The van der Waals surface area contributed by atoms with E-state index in [1.807, 2.05) is 0 Å². The van der Waals surface area contributed by atoms with E-state index in [0.717, 1.165) is 25.3 Å². The van der Waals surface area contributed by atoms with E-state index in [0.29, 0.717) is 6.04 Å². The summed E-state index contributed by atoms with van der Waals surface area (Å²) in [5, 5.41) is 0. The monoisotopic (exact) mass is 219 g/mol. The van der Waals surface area contributed by atoms with Crippen LogP contribution in [0, 0.1) is 6.92 Å². The van der Waals surface area contributed by atoms with E-state index in [4.69, 9.17) is 5.73 Å². The van der Waals surface area contributed by atoms with Crippen LogP contribution in [0.25, 0.3) is 0 Å².